The fourth-order valence-electron chi connectivity index (χ4n) is 3.47. The van der Waals surface area contributed by atoms with Gasteiger partial charge in [-0.15, -0.1) is 16.2 Å². The van der Waals surface area contributed by atoms with Gasteiger partial charge in [-0.3, -0.25) is 0 Å². The predicted octanol–water partition coefficient (Wildman–Crippen LogP) is 4.98. The number of carbonyl (C=O) groups excluding carboxylic acids is 1. The number of aryl methyl sites for hydroxylation is 1. The Labute approximate surface area is 189 Å². The average molecular weight is 467 g/mol. The van der Waals surface area contributed by atoms with Crippen LogP contribution in [-0.4, -0.2) is 38.5 Å². The Morgan fingerprint density at radius 1 is 1.00 bits per heavy atom. The molecule has 2 aromatic carbocycles. The van der Waals surface area contributed by atoms with Gasteiger partial charge in [-0.25, -0.2) is 4.79 Å². The summed E-state index contributed by atoms with van der Waals surface area (Å²) in [6, 6.07) is 13.3. The molecular formula is C23H29ClNO5S+. The van der Waals surface area contributed by atoms with E-state index in [2.05, 4.69) is 0 Å². The van der Waals surface area contributed by atoms with Crippen molar-refractivity contribution in [3.05, 3.63) is 59.7 Å². The van der Waals surface area contributed by atoms with Gasteiger partial charge < -0.3 is 4.74 Å². The standard InChI is InChI=1S/C23H29ClNO5S/c1-17-5-11-21(12-6-17)31(27,28)30-25(15-13-19(24)14-16-25)20-9-7-18(8-10-20)22(26)29-23(2,3)4/h5-12,19H,13-16H2,1-4H3/q+1. The highest BCUT2D eigenvalue weighted by Gasteiger charge is 2.43. The van der Waals surface area contributed by atoms with Crippen molar-refractivity contribution in [3.63, 3.8) is 0 Å². The Kier molecular flexibility index (Phi) is 6.81. The minimum absolute atomic E-state index is 0.0297. The van der Waals surface area contributed by atoms with Crippen molar-refractivity contribution in [2.45, 2.75) is 56.4 Å². The van der Waals surface area contributed by atoms with E-state index in [1.807, 2.05) is 6.92 Å². The summed E-state index contributed by atoms with van der Waals surface area (Å²) in [4.78, 5) is 12.4. The lowest BCUT2D eigenvalue weighted by molar-refractivity contribution is -0.0551. The molecule has 0 bridgehead atoms. The normalized spacial score (nSPS) is 22.2. The summed E-state index contributed by atoms with van der Waals surface area (Å²) in [6.45, 7) is 8.12. The second kappa shape index (κ2) is 8.90. The van der Waals surface area contributed by atoms with E-state index in [0.717, 1.165) is 5.56 Å². The number of piperidine rings is 1. The molecule has 0 N–H and O–H groups in total. The van der Waals surface area contributed by atoms with E-state index in [1.165, 1.54) is 0 Å². The molecule has 1 saturated heterocycles. The maximum absolute atomic E-state index is 13.1. The van der Waals surface area contributed by atoms with Crippen LogP contribution in [0.15, 0.2) is 53.4 Å². The monoisotopic (exact) mass is 466 g/mol. The van der Waals surface area contributed by atoms with E-state index >= 15 is 0 Å². The first-order chi connectivity index (χ1) is 14.4. The lowest BCUT2D eigenvalue weighted by Crippen LogP contribution is -2.55. The Morgan fingerprint density at radius 2 is 1.55 bits per heavy atom. The molecule has 0 radical (unpaired) electrons. The number of ether oxygens (including phenoxy) is 1. The second-order valence-corrected chi connectivity index (χ2v) is 11.0. The predicted molar refractivity (Wildman–Crippen MR) is 121 cm³/mol. The molecular weight excluding hydrogens is 438 g/mol. The maximum Gasteiger partial charge on any atom is 0.343 e. The largest absolute Gasteiger partial charge is 0.456 e. The smallest absolute Gasteiger partial charge is 0.343 e. The van der Waals surface area contributed by atoms with E-state index in [0.29, 0.717) is 37.2 Å². The molecule has 2 aromatic rings. The number of alkyl halides is 1. The lowest BCUT2D eigenvalue weighted by atomic mass is 10.1. The van der Waals surface area contributed by atoms with Crippen molar-refractivity contribution in [2.24, 2.45) is 0 Å². The number of hydroxylamine groups is 2. The van der Waals surface area contributed by atoms with Gasteiger partial charge in [-0.05, 0) is 52.0 Å². The van der Waals surface area contributed by atoms with Gasteiger partial charge in [0.1, 0.15) is 18.7 Å². The van der Waals surface area contributed by atoms with Gasteiger partial charge in [0.25, 0.3) is 0 Å². The van der Waals surface area contributed by atoms with Crippen molar-refractivity contribution < 1.29 is 22.2 Å². The third-order valence-electron chi connectivity index (χ3n) is 5.13. The first-order valence-electron chi connectivity index (χ1n) is 10.3. The zero-order chi connectivity index (χ0) is 22.9. The summed E-state index contributed by atoms with van der Waals surface area (Å²) in [5.74, 6) is -0.432. The minimum Gasteiger partial charge on any atom is -0.456 e. The summed E-state index contributed by atoms with van der Waals surface area (Å²) in [5, 5.41) is -0.0297. The lowest BCUT2D eigenvalue weighted by Gasteiger charge is -2.37. The average Bonchev–Trinajstić information content (AvgIpc) is 2.69. The third-order valence-corrected chi connectivity index (χ3v) is 6.90. The molecule has 0 amide bonds. The highest BCUT2D eigenvalue weighted by Crippen LogP contribution is 2.34. The number of esters is 1. The molecule has 1 heterocycles. The molecule has 1 fully saturated rings. The number of rotatable bonds is 5. The maximum atomic E-state index is 13.1. The molecule has 168 valence electrons. The molecule has 3 rings (SSSR count). The third kappa shape index (κ3) is 5.86. The molecule has 0 unspecified atom stereocenters. The van der Waals surface area contributed by atoms with Gasteiger partial charge in [0.2, 0.25) is 0 Å². The van der Waals surface area contributed by atoms with Crippen LogP contribution in [0.3, 0.4) is 0 Å². The highest BCUT2D eigenvalue weighted by molar-refractivity contribution is 7.86. The first-order valence-corrected chi connectivity index (χ1v) is 12.1. The Bertz CT molecular complexity index is 1020. The summed E-state index contributed by atoms with van der Waals surface area (Å²) >= 11 is 6.29. The number of benzene rings is 2. The number of hydrogen-bond acceptors (Lipinski definition) is 5. The zero-order valence-electron chi connectivity index (χ0n) is 18.3. The van der Waals surface area contributed by atoms with E-state index in [4.69, 9.17) is 20.6 Å². The van der Waals surface area contributed by atoms with E-state index in [9.17, 15) is 13.2 Å². The Morgan fingerprint density at radius 3 is 2.06 bits per heavy atom. The van der Waals surface area contributed by atoms with Crippen LogP contribution >= 0.6 is 11.6 Å². The van der Waals surface area contributed by atoms with Gasteiger partial charge in [-0.1, -0.05) is 22.0 Å². The van der Waals surface area contributed by atoms with E-state index < -0.39 is 21.7 Å². The van der Waals surface area contributed by atoms with Crippen LogP contribution in [0.25, 0.3) is 0 Å². The fraction of sp³-hybridized carbons (Fsp3) is 0.435. The molecule has 8 heteroatoms. The summed E-state index contributed by atoms with van der Waals surface area (Å²) in [7, 11) is -4.01. The van der Waals surface area contributed by atoms with Gasteiger partial charge in [0.15, 0.2) is 5.69 Å². The molecule has 31 heavy (non-hydrogen) atoms. The van der Waals surface area contributed by atoms with Crippen molar-refractivity contribution in [2.75, 3.05) is 13.1 Å². The topological polar surface area (TPSA) is 69.7 Å². The summed E-state index contributed by atoms with van der Waals surface area (Å²) in [6.07, 6.45) is 1.22. The molecule has 1 aliphatic rings. The van der Waals surface area contributed by atoms with E-state index in [1.54, 1.807) is 69.3 Å². The molecule has 6 nitrogen and oxygen atoms in total. The van der Waals surface area contributed by atoms with E-state index in [-0.39, 0.29) is 14.9 Å². The second-order valence-electron chi connectivity index (χ2n) is 8.90. The molecule has 0 saturated carbocycles. The zero-order valence-corrected chi connectivity index (χ0v) is 19.9. The SMILES string of the molecule is Cc1ccc(S(=O)(=O)O[N+]2(c3ccc(C(=O)OC(C)(C)C)cc3)CCC(Cl)CC2)cc1. The van der Waals surface area contributed by atoms with Crippen LogP contribution in [0.1, 0.15) is 49.5 Å². The molecule has 1 aliphatic heterocycles. The van der Waals surface area contributed by atoms with Crippen LogP contribution < -0.4 is 4.65 Å². The van der Waals surface area contributed by atoms with Crippen molar-refractivity contribution in [3.8, 4) is 0 Å². The molecule has 0 spiro atoms. The van der Waals surface area contributed by atoms with Crippen molar-refractivity contribution in [1.29, 1.82) is 0 Å². The number of quaternary nitrogens is 1. The quantitative estimate of drug-likeness (QED) is 0.353. The fourth-order valence-corrected chi connectivity index (χ4v) is 4.83. The summed E-state index contributed by atoms with van der Waals surface area (Å²) < 4.78 is 37.2. The highest BCUT2D eigenvalue weighted by atomic mass is 35.5. The van der Waals surface area contributed by atoms with Crippen LogP contribution in [0.2, 0.25) is 0 Å². The van der Waals surface area contributed by atoms with Crippen LogP contribution in [-0.2, 0) is 19.1 Å². The molecule has 0 aliphatic carbocycles. The van der Waals surface area contributed by atoms with Gasteiger partial charge in [-0.2, -0.15) is 8.42 Å². The first kappa shape index (κ1) is 23.7. The Hall–Kier alpha value is -1.93. The van der Waals surface area contributed by atoms with Gasteiger partial charge >= 0.3 is 16.1 Å². The number of halogens is 1. The van der Waals surface area contributed by atoms with Gasteiger partial charge in [0.05, 0.1) is 10.5 Å². The van der Waals surface area contributed by atoms with Crippen LogP contribution in [0.5, 0.6) is 0 Å². The summed E-state index contributed by atoms with van der Waals surface area (Å²) in [5.41, 5.74) is 1.40. The van der Waals surface area contributed by atoms with Crippen LogP contribution in [0.4, 0.5) is 5.69 Å². The van der Waals surface area contributed by atoms with Gasteiger partial charge in [0, 0.05) is 30.4 Å². The molecule has 0 aromatic heterocycles. The molecule has 0 atom stereocenters. The number of carbonyl (C=O) groups is 1. The number of nitrogens with zero attached hydrogens (tertiary/aromatic N) is 1. The van der Waals surface area contributed by atoms with Crippen LogP contribution in [0, 0.1) is 6.92 Å². The Balaban J connectivity index is 1.92. The number of hydrogen-bond donors (Lipinski definition) is 0. The van der Waals surface area contributed by atoms with Crippen molar-refractivity contribution in [1.82, 2.24) is 4.65 Å². The van der Waals surface area contributed by atoms with Crippen molar-refractivity contribution >= 4 is 33.4 Å². The minimum atomic E-state index is -4.01.